The number of hydrogen-bond acceptors (Lipinski definition) is 0. The molecular weight excluding hydrogens is 228 g/mol. The van der Waals surface area contributed by atoms with E-state index in [0.29, 0.717) is 5.88 Å². The first-order chi connectivity index (χ1) is 8.10. The van der Waals surface area contributed by atoms with Gasteiger partial charge in [-0.3, -0.25) is 0 Å². The maximum Gasteiger partial charge on any atom is 0.0245 e. The third kappa shape index (κ3) is 4.44. The fourth-order valence-electron chi connectivity index (χ4n) is 1.53. The molecule has 92 valence electrons. The van der Waals surface area contributed by atoms with Crippen LogP contribution in [0.1, 0.15) is 51.2 Å². The predicted molar refractivity (Wildman–Crippen MR) is 76.6 cm³/mol. The van der Waals surface area contributed by atoms with Crippen LogP contribution < -0.4 is 0 Å². The lowest BCUT2D eigenvalue weighted by Gasteiger charge is -2.23. The molecule has 0 radical (unpaired) electrons. The molecule has 0 amide bonds. The number of unbranched alkanes of at least 4 members (excludes halogenated alkanes) is 1. The zero-order valence-electron chi connectivity index (χ0n) is 11.0. The Labute approximate surface area is 110 Å². The van der Waals surface area contributed by atoms with Crippen LogP contribution in [0.3, 0.4) is 0 Å². The molecule has 1 heteroatoms. The van der Waals surface area contributed by atoms with Gasteiger partial charge in [-0.05, 0) is 36.0 Å². The van der Waals surface area contributed by atoms with Crippen molar-refractivity contribution in [1.29, 1.82) is 0 Å². The molecule has 0 saturated carbocycles. The van der Waals surface area contributed by atoms with E-state index < -0.39 is 0 Å². The standard InChI is InChI=1S/C16H21Cl/c1-4-16(2,3)15-11-9-14(10-12-15)8-6-5-7-13-17/h9-12H,4-5,7,13H2,1-3H3. The maximum atomic E-state index is 5.60. The molecule has 0 fully saturated rings. The Bertz CT molecular complexity index is 390. The lowest BCUT2D eigenvalue weighted by Crippen LogP contribution is -2.14. The van der Waals surface area contributed by atoms with Gasteiger partial charge in [-0.25, -0.2) is 0 Å². The Hall–Kier alpha value is -0.930. The molecule has 1 rings (SSSR count). The van der Waals surface area contributed by atoms with Gasteiger partial charge in [-0.2, -0.15) is 0 Å². The van der Waals surface area contributed by atoms with E-state index >= 15 is 0 Å². The molecular formula is C16H21Cl. The van der Waals surface area contributed by atoms with E-state index in [4.69, 9.17) is 11.6 Å². The second kappa shape index (κ2) is 6.72. The summed E-state index contributed by atoms with van der Waals surface area (Å²) >= 11 is 5.60. The van der Waals surface area contributed by atoms with E-state index in [1.54, 1.807) is 0 Å². The van der Waals surface area contributed by atoms with Crippen LogP contribution in [0.15, 0.2) is 24.3 Å². The number of alkyl halides is 1. The number of halogens is 1. The van der Waals surface area contributed by atoms with Crippen molar-refractivity contribution in [3.63, 3.8) is 0 Å². The summed E-state index contributed by atoms with van der Waals surface area (Å²) in [5.41, 5.74) is 2.73. The highest BCUT2D eigenvalue weighted by atomic mass is 35.5. The van der Waals surface area contributed by atoms with Crippen molar-refractivity contribution in [3.05, 3.63) is 35.4 Å². The van der Waals surface area contributed by atoms with Crippen LogP contribution in [0.5, 0.6) is 0 Å². The largest absolute Gasteiger partial charge is 0.127 e. The van der Waals surface area contributed by atoms with Crippen LogP contribution in [0, 0.1) is 11.8 Å². The minimum Gasteiger partial charge on any atom is -0.127 e. The molecule has 0 aliphatic heterocycles. The molecule has 0 unspecified atom stereocenters. The smallest absolute Gasteiger partial charge is 0.0245 e. The van der Waals surface area contributed by atoms with E-state index in [1.165, 1.54) is 5.56 Å². The average Bonchev–Trinajstić information content (AvgIpc) is 2.35. The van der Waals surface area contributed by atoms with E-state index in [2.05, 4.69) is 56.9 Å². The van der Waals surface area contributed by atoms with E-state index in [-0.39, 0.29) is 5.41 Å². The monoisotopic (exact) mass is 248 g/mol. The van der Waals surface area contributed by atoms with Gasteiger partial charge in [0.15, 0.2) is 0 Å². The normalized spacial score (nSPS) is 10.8. The van der Waals surface area contributed by atoms with Crippen LogP contribution in [-0.2, 0) is 5.41 Å². The second-order valence-electron chi connectivity index (χ2n) is 4.91. The highest BCUT2D eigenvalue weighted by molar-refractivity contribution is 6.17. The summed E-state index contributed by atoms with van der Waals surface area (Å²) in [6.45, 7) is 6.77. The predicted octanol–water partition coefficient (Wildman–Crippen LogP) is 4.74. The number of benzene rings is 1. The number of hydrogen-bond donors (Lipinski definition) is 0. The molecule has 1 aromatic carbocycles. The van der Waals surface area contributed by atoms with Gasteiger partial charge in [0.2, 0.25) is 0 Å². The van der Waals surface area contributed by atoms with Gasteiger partial charge in [-0.1, -0.05) is 44.7 Å². The Kier molecular flexibility index (Phi) is 5.59. The second-order valence-corrected chi connectivity index (χ2v) is 5.29. The van der Waals surface area contributed by atoms with Crippen LogP contribution in [0.2, 0.25) is 0 Å². The van der Waals surface area contributed by atoms with Crippen molar-refractivity contribution < 1.29 is 0 Å². The lowest BCUT2D eigenvalue weighted by molar-refractivity contribution is 0.506. The fraction of sp³-hybridized carbons (Fsp3) is 0.500. The lowest BCUT2D eigenvalue weighted by atomic mass is 9.82. The molecule has 0 aromatic heterocycles. The number of rotatable bonds is 4. The first kappa shape index (κ1) is 14.1. The van der Waals surface area contributed by atoms with Crippen molar-refractivity contribution in [2.75, 3.05) is 5.88 Å². The van der Waals surface area contributed by atoms with E-state index in [1.807, 2.05) is 0 Å². The zero-order chi connectivity index (χ0) is 12.7. The third-order valence-corrected chi connectivity index (χ3v) is 3.49. The molecule has 0 bridgehead atoms. The molecule has 17 heavy (non-hydrogen) atoms. The van der Waals surface area contributed by atoms with Gasteiger partial charge in [-0.15, -0.1) is 11.6 Å². The van der Waals surface area contributed by atoms with Crippen LogP contribution in [0.4, 0.5) is 0 Å². The summed E-state index contributed by atoms with van der Waals surface area (Å²) in [5, 5.41) is 0. The first-order valence-electron chi connectivity index (χ1n) is 6.25. The maximum absolute atomic E-state index is 5.60. The minimum atomic E-state index is 0.255. The summed E-state index contributed by atoms with van der Waals surface area (Å²) in [4.78, 5) is 0. The SMILES string of the molecule is CCC(C)(C)c1ccc(C#CCCCCl)cc1. The van der Waals surface area contributed by atoms with Crippen molar-refractivity contribution >= 4 is 11.6 Å². The Morgan fingerprint density at radius 2 is 1.82 bits per heavy atom. The van der Waals surface area contributed by atoms with Crippen molar-refractivity contribution in [2.24, 2.45) is 0 Å². The zero-order valence-corrected chi connectivity index (χ0v) is 11.8. The van der Waals surface area contributed by atoms with Gasteiger partial charge in [0, 0.05) is 17.9 Å². The minimum absolute atomic E-state index is 0.255. The summed E-state index contributed by atoms with van der Waals surface area (Å²) in [6.07, 6.45) is 2.99. The molecule has 1 aromatic rings. The molecule has 0 N–H and O–H groups in total. The van der Waals surface area contributed by atoms with Crippen LogP contribution >= 0.6 is 11.6 Å². The molecule has 0 aliphatic rings. The quantitative estimate of drug-likeness (QED) is 0.410. The van der Waals surface area contributed by atoms with Gasteiger partial charge >= 0.3 is 0 Å². The summed E-state index contributed by atoms with van der Waals surface area (Å²) < 4.78 is 0. The molecule has 0 spiro atoms. The summed E-state index contributed by atoms with van der Waals surface area (Å²) in [7, 11) is 0. The molecule has 0 aliphatic carbocycles. The van der Waals surface area contributed by atoms with Crippen molar-refractivity contribution in [1.82, 2.24) is 0 Å². The Morgan fingerprint density at radius 1 is 1.18 bits per heavy atom. The fourth-order valence-corrected chi connectivity index (χ4v) is 1.66. The average molecular weight is 249 g/mol. The Balaban J connectivity index is 2.70. The topological polar surface area (TPSA) is 0 Å². The highest BCUT2D eigenvalue weighted by Gasteiger charge is 2.16. The first-order valence-corrected chi connectivity index (χ1v) is 6.79. The van der Waals surface area contributed by atoms with Crippen LogP contribution in [-0.4, -0.2) is 5.88 Å². The van der Waals surface area contributed by atoms with Gasteiger partial charge in [0.1, 0.15) is 0 Å². The summed E-state index contributed by atoms with van der Waals surface area (Å²) in [5.74, 6) is 7.00. The van der Waals surface area contributed by atoms with E-state index in [0.717, 1.165) is 24.8 Å². The van der Waals surface area contributed by atoms with Crippen molar-refractivity contribution in [3.8, 4) is 11.8 Å². The van der Waals surface area contributed by atoms with E-state index in [9.17, 15) is 0 Å². The molecule has 0 saturated heterocycles. The van der Waals surface area contributed by atoms with Crippen LogP contribution in [0.25, 0.3) is 0 Å². The van der Waals surface area contributed by atoms with Gasteiger partial charge in [0.05, 0.1) is 0 Å². The Morgan fingerprint density at radius 3 is 2.35 bits per heavy atom. The molecule has 0 atom stereocenters. The third-order valence-electron chi connectivity index (χ3n) is 3.22. The summed E-state index contributed by atoms with van der Waals surface area (Å²) in [6, 6.07) is 8.60. The molecule has 0 heterocycles. The molecule has 0 nitrogen and oxygen atoms in total. The van der Waals surface area contributed by atoms with Gasteiger partial charge < -0.3 is 0 Å². The van der Waals surface area contributed by atoms with Gasteiger partial charge in [0.25, 0.3) is 0 Å². The van der Waals surface area contributed by atoms with Crippen molar-refractivity contribution in [2.45, 2.75) is 45.4 Å². The highest BCUT2D eigenvalue weighted by Crippen LogP contribution is 2.26.